The smallest absolute Gasteiger partial charge is 0.306 e. The second-order valence-electron chi connectivity index (χ2n) is 3.94. The zero-order valence-electron chi connectivity index (χ0n) is 10.6. The first-order chi connectivity index (χ1) is 9.19. The number of thiazole rings is 1. The van der Waals surface area contributed by atoms with Gasteiger partial charge in [0.25, 0.3) is 0 Å². The first kappa shape index (κ1) is 14.0. The summed E-state index contributed by atoms with van der Waals surface area (Å²) in [6, 6.07) is 7.57. The van der Waals surface area contributed by atoms with Crippen molar-refractivity contribution in [1.82, 2.24) is 4.98 Å². The number of ether oxygens (including phenoxy) is 1. The molecule has 0 N–H and O–H groups in total. The molecule has 0 aliphatic carbocycles. The number of halogens is 1. The fourth-order valence-corrected chi connectivity index (χ4v) is 2.65. The van der Waals surface area contributed by atoms with E-state index in [1.165, 1.54) is 0 Å². The topological polar surface area (TPSA) is 39.2 Å². The monoisotopic (exact) mass is 295 g/mol. The van der Waals surface area contributed by atoms with Crippen molar-refractivity contribution in [2.24, 2.45) is 0 Å². The number of carbonyl (C=O) groups excluding carboxylic acids is 1. The van der Waals surface area contributed by atoms with Crippen LogP contribution in [0.4, 0.5) is 0 Å². The summed E-state index contributed by atoms with van der Waals surface area (Å²) in [4.78, 5) is 16.7. The van der Waals surface area contributed by atoms with Gasteiger partial charge in [-0.2, -0.15) is 0 Å². The normalized spacial score (nSPS) is 10.4. The molecular formula is C14H14ClNO2S. The van der Waals surface area contributed by atoms with Crippen molar-refractivity contribution >= 4 is 28.9 Å². The number of benzene rings is 1. The number of hydrogen-bond acceptors (Lipinski definition) is 4. The van der Waals surface area contributed by atoms with Gasteiger partial charge in [0.2, 0.25) is 0 Å². The van der Waals surface area contributed by atoms with Gasteiger partial charge >= 0.3 is 5.97 Å². The molecule has 0 saturated heterocycles. The third-order valence-electron chi connectivity index (χ3n) is 2.53. The van der Waals surface area contributed by atoms with Crippen LogP contribution in [0, 0.1) is 0 Å². The average molecular weight is 296 g/mol. The Hall–Kier alpha value is -1.39. The minimum absolute atomic E-state index is 0.163. The lowest BCUT2D eigenvalue weighted by atomic mass is 10.2. The van der Waals surface area contributed by atoms with Gasteiger partial charge in [0.1, 0.15) is 5.01 Å². The third kappa shape index (κ3) is 4.04. The first-order valence-electron chi connectivity index (χ1n) is 6.05. The lowest BCUT2D eigenvalue weighted by Crippen LogP contribution is -2.04. The summed E-state index contributed by atoms with van der Waals surface area (Å²) < 4.78 is 4.90. The number of aromatic nitrogens is 1. The van der Waals surface area contributed by atoms with Crippen molar-refractivity contribution in [1.29, 1.82) is 0 Å². The van der Waals surface area contributed by atoms with Gasteiger partial charge in [0.05, 0.1) is 13.0 Å². The molecule has 0 aliphatic rings. The van der Waals surface area contributed by atoms with Crippen molar-refractivity contribution in [3.05, 3.63) is 40.4 Å². The quantitative estimate of drug-likeness (QED) is 0.784. The van der Waals surface area contributed by atoms with Crippen LogP contribution in [-0.4, -0.2) is 17.6 Å². The van der Waals surface area contributed by atoms with Crippen LogP contribution < -0.4 is 0 Å². The molecular weight excluding hydrogens is 282 g/mol. The summed E-state index contributed by atoms with van der Waals surface area (Å²) in [5.74, 6) is -0.163. The molecule has 2 rings (SSSR count). The largest absolute Gasteiger partial charge is 0.466 e. The maximum absolute atomic E-state index is 11.3. The third-order valence-corrected chi connectivity index (χ3v) is 3.88. The van der Waals surface area contributed by atoms with Crippen LogP contribution in [0.5, 0.6) is 0 Å². The molecule has 0 atom stereocenters. The number of aryl methyl sites for hydroxylation is 1. The van der Waals surface area contributed by atoms with Crippen LogP contribution in [0.25, 0.3) is 10.6 Å². The maximum Gasteiger partial charge on any atom is 0.306 e. The molecule has 0 unspecified atom stereocenters. The summed E-state index contributed by atoms with van der Waals surface area (Å²) in [6.07, 6.45) is 2.88. The fourth-order valence-electron chi connectivity index (χ4n) is 1.61. The molecule has 1 heterocycles. The molecule has 5 heteroatoms. The Bertz CT molecular complexity index is 551. The number of esters is 1. The Morgan fingerprint density at radius 1 is 1.37 bits per heavy atom. The molecule has 100 valence electrons. The van der Waals surface area contributed by atoms with E-state index in [9.17, 15) is 4.79 Å². The molecule has 2 aromatic rings. The van der Waals surface area contributed by atoms with E-state index in [2.05, 4.69) is 4.98 Å². The Morgan fingerprint density at radius 3 is 2.79 bits per heavy atom. The second-order valence-corrected chi connectivity index (χ2v) is 5.50. The molecule has 19 heavy (non-hydrogen) atoms. The van der Waals surface area contributed by atoms with Crippen LogP contribution in [0.15, 0.2) is 30.5 Å². The van der Waals surface area contributed by atoms with Crippen molar-refractivity contribution < 1.29 is 9.53 Å². The van der Waals surface area contributed by atoms with Gasteiger partial charge in [-0.25, -0.2) is 4.98 Å². The van der Waals surface area contributed by atoms with Crippen LogP contribution in [0.1, 0.15) is 18.2 Å². The zero-order valence-corrected chi connectivity index (χ0v) is 12.1. The van der Waals surface area contributed by atoms with Crippen LogP contribution in [-0.2, 0) is 16.0 Å². The van der Waals surface area contributed by atoms with E-state index >= 15 is 0 Å². The highest BCUT2D eigenvalue weighted by molar-refractivity contribution is 7.15. The van der Waals surface area contributed by atoms with E-state index in [1.807, 2.05) is 37.4 Å². The highest BCUT2D eigenvalue weighted by atomic mass is 35.5. The molecule has 3 nitrogen and oxygen atoms in total. The van der Waals surface area contributed by atoms with Crippen LogP contribution in [0.3, 0.4) is 0 Å². The minimum Gasteiger partial charge on any atom is -0.466 e. The predicted octanol–water partition coefficient (Wildman–Crippen LogP) is 3.96. The zero-order chi connectivity index (χ0) is 13.7. The average Bonchev–Trinajstić information content (AvgIpc) is 2.86. The Morgan fingerprint density at radius 2 is 2.11 bits per heavy atom. The molecule has 0 aliphatic heterocycles. The Labute approximate surface area is 121 Å². The van der Waals surface area contributed by atoms with Crippen molar-refractivity contribution in [3.8, 4) is 10.6 Å². The highest BCUT2D eigenvalue weighted by Gasteiger charge is 2.07. The number of nitrogens with zero attached hydrogens (tertiary/aromatic N) is 1. The van der Waals surface area contributed by atoms with Gasteiger partial charge < -0.3 is 4.74 Å². The second kappa shape index (κ2) is 6.68. The van der Waals surface area contributed by atoms with E-state index in [4.69, 9.17) is 16.3 Å². The van der Waals surface area contributed by atoms with Gasteiger partial charge in [-0.05, 0) is 25.5 Å². The van der Waals surface area contributed by atoms with Gasteiger partial charge in [-0.1, -0.05) is 23.7 Å². The van der Waals surface area contributed by atoms with E-state index in [0.717, 1.165) is 15.4 Å². The van der Waals surface area contributed by atoms with Crippen LogP contribution >= 0.6 is 22.9 Å². The molecule has 0 fully saturated rings. The standard InChI is InChI=1S/C14H14ClNO2S/c1-2-18-13(17)8-7-12-9-16-14(19-12)10-3-5-11(15)6-4-10/h3-6,9H,2,7-8H2,1H3. The Balaban J connectivity index is 1.99. The highest BCUT2D eigenvalue weighted by Crippen LogP contribution is 2.26. The number of rotatable bonds is 5. The van der Waals surface area contributed by atoms with Gasteiger partial charge in [-0.3, -0.25) is 4.79 Å². The number of hydrogen-bond donors (Lipinski definition) is 0. The van der Waals surface area contributed by atoms with Crippen molar-refractivity contribution in [2.45, 2.75) is 19.8 Å². The summed E-state index contributed by atoms with van der Waals surface area (Å²) in [7, 11) is 0. The molecule has 0 amide bonds. The van der Waals surface area contributed by atoms with Gasteiger partial charge in [0.15, 0.2) is 0 Å². The molecule has 1 aromatic heterocycles. The van der Waals surface area contributed by atoms with Crippen molar-refractivity contribution in [2.75, 3.05) is 6.61 Å². The Kier molecular flexibility index (Phi) is 4.93. The van der Waals surface area contributed by atoms with Crippen molar-refractivity contribution in [3.63, 3.8) is 0 Å². The van der Waals surface area contributed by atoms with E-state index in [-0.39, 0.29) is 5.97 Å². The van der Waals surface area contributed by atoms with E-state index < -0.39 is 0 Å². The molecule has 0 radical (unpaired) electrons. The lowest BCUT2D eigenvalue weighted by molar-refractivity contribution is -0.143. The molecule has 0 bridgehead atoms. The van der Waals surface area contributed by atoms with Crippen LogP contribution in [0.2, 0.25) is 5.02 Å². The summed E-state index contributed by atoms with van der Waals surface area (Å²) >= 11 is 7.44. The van der Waals surface area contributed by atoms with Gasteiger partial charge in [0, 0.05) is 21.7 Å². The molecule has 0 saturated carbocycles. The molecule has 1 aromatic carbocycles. The van der Waals surface area contributed by atoms with E-state index in [0.29, 0.717) is 24.5 Å². The maximum atomic E-state index is 11.3. The summed E-state index contributed by atoms with van der Waals surface area (Å²) in [5, 5.41) is 1.65. The fraction of sp³-hybridized carbons (Fsp3) is 0.286. The minimum atomic E-state index is -0.163. The molecule has 0 spiro atoms. The SMILES string of the molecule is CCOC(=O)CCc1cnc(-c2ccc(Cl)cc2)s1. The lowest BCUT2D eigenvalue weighted by Gasteiger charge is -1.99. The first-order valence-corrected chi connectivity index (χ1v) is 7.24. The summed E-state index contributed by atoms with van der Waals surface area (Å²) in [6.45, 7) is 2.24. The predicted molar refractivity (Wildman–Crippen MR) is 77.5 cm³/mol. The summed E-state index contributed by atoms with van der Waals surface area (Å²) in [5.41, 5.74) is 1.04. The number of carbonyl (C=O) groups is 1. The van der Waals surface area contributed by atoms with E-state index in [1.54, 1.807) is 11.3 Å². The van der Waals surface area contributed by atoms with Gasteiger partial charge in [-0.15, -0.1) is 11.3 Å².